The molecule has 2 heterocycles. The number of hydrogen-bond acceptors (Lipinski definition) is 2. The average molecular weight is 278 g/mol. The third kappa shape index (κ3) is 1.77. The van der Waals surface area contributed by atoms with Crippen LogP contribution in [0.15, 0.2) is 22.8 Å². The van der Waals surface area contributed by atoms with Crippen LogP contribution in [0.2, 0.25) is 10.3 Å². The van der Waals surface area contributed by atoms with Crippen LogP contribution in [0.25, 0.3) is 10.9 Å². The van der Waals surface area contributed by atoms with Crippen molar-refractivity contribution in [3.8, 4) is 0 Å². The Morgan fingerprint density at radius 2 is 2.00 bits per heavy atom. The molecule has 0 aliphatic heterocycles. The number of halogens is 3. The Hall–Kier alpha value is -0.380. The quantitative estimate of drug-likeness (QED) is 0.686. The van der Waals surface area contributed by atoms with Crippen LogP contribution in [0.3, 0.4) is 0 Å². The Bertz CT molecular complexity index is 473. The fourth-order valence-electron chi connectivity index (χ4n) is 0.994. The van der Waals surface area contributed by atoms with Gasteiger partial charge in [-0.15, -0.1) is 0 Å². The molecule has 0 saturated carbocycles. The zero-order chi connectivity index (χ0) is 9.42. The van der Waals surface area contributed by atoms with Crippen LogP contribution in [0.4, 0.5) is 0 Å². The Labute approximate surface area is 93.0 Å². The van der Waals surface area contributed by atoms with Crippen LogP contribution in [0, 0.1) is 0 Å². The van der Waals surface area contributed by atoms with Gasteiger partial charge in [0.15, 0.2) is 0 Å². The van der Waals surface area contributed by atoms with Crippen molar-refractivity contribution in [2.45, 2.75) is 0 Å². The highest BCUT2D eigenvalue weighted by Crippen LogP contribution is 2.25. The van der Waals surface area contributed by atoms with Gasteiger partial charge in [0.05, 0.1) is 9.99 Å². The van der Waals surface area contributed by atoms with Gasteiger partial charge in [0, 0.05) is 17.6 Å². The Morgan fingerprint density at radius 1 is 1.23 bits per heavy atom. The summed E-state index contributed by atoms with van der Waals surface area (Å²) in [5.74, 6) is 0. The summed E-state index contributed by atoms with van der Waals surface area (Å²) in [5, 5.41) is 1.74. The maximum atomic E-state index is 5.82. The second-order valence-corrected chi connectivity index (χ2v) is 4.06. The van der Waals surface area contributed by atoms with Gasteiger partial charge in [0.1, 0.15) is 10.3 Å². The Kier molecular flexibility index (Phi) is 2.41. The molecule has 0 aliphatic rings. The molecular formula is C8H3BrCl2N2. The molecule has 0 fully saturated rings. The largest absolute Gasteiger partial charge is 0.244 e. The van der Waals surface area contributed by atoms with Gasteiger partial charge >= 0.3 is 0 Å². The van der Waals surface area contributed by atoms with E-state index in [0.29, 0.717) is 10.3 Å². The molecule has 66 valence electrons. The van der Waals surface area contributed by atoms with E-state index in [1.165, 1.54) is 0 Å². The maximum absolute atomic E-state index is 5.82. The van der Waals surface area contributed by atoms with E-state index >= 15 is 0 Å². The molecule has 0 amide bonds. The van der Waals surface area contributed by atoms with Crippen molar-refractivity contribution in [3.63, 3.8) is 0 Å². The second-order valence-electron chi connectivity index (χ2n) is 2.46. The Morgan fingerprint density at radius 3 is 2.77 bits per heavy atom. The molecule has 0 bridgehead atoms. The highest BCUT2D eigenvalue weighted by Gasteiger charge is 2.02. The lowest BCUT2D eigenvalue weighted by molar-refractivity contribution is 1.32. The number of rotatable bonds is 0. The summed E-state index contributed by atoms with van der Waals surface area (Å²) < 4.78 is 0.755. The highest BCUT2D eigenvalue weighted by atomic mass is 79.9. The molecule has 0 saturated heterocycles. The van der Waals surface area contributed by atoms with Crippen LogP contribution in [0.1, 0.15) is 0 Å². The predicted molar refractivity (Wildman–Crippen MR) is 57.3 cm³/mol. The summed E-state index contributed by atoms with van der Waals surface area (Å²) in [6.07, 6.45) is 1.66. The lowest BCUT2D eigenvalue weighted by Crippen LogP contribution is -1.83. The number of fused-ring (bicyclic) bond motifs is 1. The number of nitrogens with zero attached hydrogens (tertiary/aromatic N) is 2. The smallest absolute Gasteiger partial charge is 0.143 e. The molecule has 2 nitrogen and oxygen atoms in total. The van der Waals surface area contributed by atoms with Crippen molar-refractivity contribution < 1.29 is 0 Å². The summed E-state index contributed by atoms with van der Waals surface area (Å²) >= 11 is 14.8. The zero-order valence-electron chi connectivity index (χ0n) is 6.26. The van der Waals surface area contributed by atoms with Gasteiger partial charge in [-0.3, -0.25) is 0 Å². The van der Waals surface area contributed by atoms with Crippen molar-refractivity contribution in [1.29, 1.82) is 0 Å². The fourth-order valence-corrected chi connectivity index (χ4v) is 1.63. The molecule has 0 unspecified atom stereocenters. The number of pyridine rings is 2. The van der Waals surface area contributed by atoms with Crippen molar-refractivity contribution in [2.75, 3.05) is 0 Å². The Balaban J connectivity index is 2.81. The van der Waals surface area contributed by atoms with E-state index < -0.39 is 0 Å². The van der Waals surface area contributed by atoms with Crippen molar-refractivity contribution in [2.24, 2.45) is 0 Å². The molecule has 0 aliphatic carbocycles. The van der Waals surface area contributed by atoms with Crippen molar-refractivity contribution in [1.82, 2.24) is 9.97 Å². The third-order valence-electron chi connectivity index (χ3n) is 1.58. The van der Waals surface area contributed by atoms with E-state index in [1.807, 2.05) is 6.07 Å². The fraction of sp³-hybridized carbons (Fsp3) is 0. The first-order valence-electron chi connectivity index (χ1n) is 3.44. The molecule has 5 heteroatoms. The molecule has 0 spiro atoms. The first kappa shape index (κ1) is 9.19. The lowest BCUT2D eigenvalue weighted by Gasteiger charge is -1.99. The van der Waals surface area contributed by atoms with Crippen molar-refractivity contribution >= 4 is 50.0 Å². The van der Waals surface area contributed by atoms with Crippen molar-refractivity contribution in [3.05, 3.63) is 33.1 Å². The minimum Gasteiger partial charge on any atom is -0.244 e. The monoisotopic (exact) mass is 276 g/mol. The first-order valence-corrected chi connectivity index (χ1v) is 4.99. The molecule has 0 radical (unpaired) electrons. The summed E-state index contributed by atoms with van der Waals surface area (Å²) in [6, 6.07) is 3.53. The molecule has 2 aromatic heterocycles. The molecule has 0 aromatic carbocycles. The van der Waals surface area contributed by atoms with Crippen LogP contribution in [-0.2, 0) is 0 Å². The third-order valence-corrected chi connectivity index (χ3v) is 2.90. The topological polar surface area (TPSA) is 25.8 Å². The molecular weight excluding hydrogens is 275 g/mol. The van der Waals surface area contributed by atoms with E-state index in [4.69, 9.17) is 23.2 Å². The normalized spacial score (nSPS) is 10.7. The van der Waals surface area contributed by atoms with E-state index in [1.54, 1.807) is 12.3 Å². The van der Waals surface area contributed by atoms with Crippen LogP contribution < -0.4 is 0 Å². The van der Waals surface area contributed by atoms with E-state index in [9.17, 15) is 0 Å². The van der Waals surface area contributed by atoms with E-state index in [2.05, 4.69) is 25.9 Å². The van der Waals surface area contributed by atoms with E-state index in [-0.39, 0.29) is 0 Å². The molecule has 2 aromatic rings. The SMILES string of the molecule is Clc1cc2nc(Cl)c(Br)cc2cn1. The number of hydrogen-bond donors (Lipinski definition) is 0. The first-order chi connectivity index (χ1) is 6.16. The van der Waals surface area contributed by atoms with Gasteiger partial charge in [-0.2, -0.15) is 0 Å². The van der Waals surface area contributed by atoms with Gasteiger partial charge in [0.25, 0.3) is 0 Å². The second kappa shape index (κ2) is 3.40. The van der Waals surface area contributed by atoms with E-state index in [0.717, 1.165) is 15.4 Å². The van der Waals surface area contributed by atoms with Crippen LogP contribution >= 0.6 is 39.1 Å². The molecule has 13 heavy (non-hydrogen) atoms. The zero-order valence-corrected chi connectivity index (χ0v) is 9.36. The van der Waals surface area contributed by atoms with Crippen LogP contribution in [0.5, 0.6) is 0 Å². The van der Waals surface area contributed by atoms with Crippen LogP contribution in [-0.4, -0.2) is 9.97 Å². The average Bonchev–Trinajstić information content (AvgIpc) is 2.08. The lowest BCUT2D eigenvalue weighted by atomic mass is 10.3. The van der Waals surface area contributed by atoms with Gasteiger partial charge in [-0.25, -0.2) is 9.97 Å². The molecule has 2 rings (SSSR count). The number of aromatic nitrogens is 2. The van der Waals surface area contributed by atoms with Gasteiger partial charge < -0.3 is 0 Å². The summed E-state index contributed by atoms with van der Waals surface area (Å²) in [6.45, 7) is 0. The summed E-state index contributed by atoms with van der Waals surface area (Å²) in [4.78, 5) is 8.07. The maximum Gasteiger partial charge on any atom is 0.143 e. The minimum absolute atomic E-state index is 0.415. The highest BCUT2D eigenvalue weighted by molar-refractivity contribution is 9.10. The minimum atomic E-state index is 0.415. The van der Waals surface area contributed by atoms with Gasteiger partial charge in [0.2, 0.25) is 0 Å². The standard InChI is InChI=1S/C8H3BrCl2N2/c9-5-1-4-3-12-7(10)2-6(4)13-8(5)11/h1-3H. The summed E-state index contributed by atoms with van der Waals surface area (Å²) in [5.41, 5.74) is 0.744. The summed E-state index contributed by atoms with van der Waals surface area (Å²) in [7, 11) is 0. The molecule has 0 N–H and O–H groups in total. The van der Waals surface area contributed by atoms with Gasteiger partial charge in [-0.05, 0) is 22.0 Å². The molecule has 0 atom stereocenters. The predicted octanol–water partition coefficient (Wildman–Crippen LogP) is 3.70. The van der Waals surface area contributed by atoms with Gasteiger partial charge in [-0.1, -0.05) is 23.2 Å².